The maximum absolute atomic E-state index is 12.1. The van der Waals surface area contributed by atoms with Crippen molar-refractivity contribution < 1.29 is 13.5 Å². The minimum absolute atomic E-state index is 0.373. The van der Waals surface area contributed by atoms with Crippen LogP contribution < -0.4 is 4.74 Å². The molecule has 4 aromatic carbocycles. The summed E-state index contributed by atoms with van der Waals surface area (Å²) in [5.74, 6) is 0.669. The minimum atomic E-state index is -2.12. The van der Waals surface area contributed by atoms with E-state index in [2.05, 4.69) is 15.9 Å². The van der Waals surface area contributed by atoms with Crippen LogP contribution in [0.15, 0.2) is 76.1 Å². The molecule has 1 N–H and O–H groups in total. The molecule has 0 saturated carbocycles. The van der Waals surface area contributed by atoms with Gasteiger partial charge in [-0.05, 0) is 45.8 Å². The molecule has 4 rings (SSSR count). The number of ether oxygens (including phenoxy) is 1. The van der Waals surface area contributed by atoms with Gasteiger partial charge in [-0.1, -0.05) is 58.4 Å². The molecule has 0 fully saturated rings. The normalized spacial score (nSPS) is 12.4. The molecule has 1 atom stereocenters. The van der Waals surface area contributed by atoms with Crippen LogP contribution in [-0.4, -0.2) is 15.9 Å². The van der Waals surface area contributed by atoms with Gasteiger partial charge in [-0.15, -0.1) is 0 Å². The van der Waals surface area contributed by atoms with Crippen molar-refractivity contribution in [2.45, 2.75) is 4.90 Å². The summed E-state index contributed by atoms with van der Waals surface area (Å²) in [6, 6.07) is 21.3. The van der Waals surface area contributed by atoms with Gasteiger partial charge >= 0.3 is 0 Å². The summed E-state index contributed by atoms with van der Waals surface area (Å²) >= 11 is 1.39. The smallest absolute Gasteiger partial charge is 0.187 e. The zero-order valence-electron chi connectivity index (χ0n) is 13.9. The van der Waals surface area contributed by atoms with Crippen molar-refractivity contribution in [2.24, 2.45) is 0 Å². The molecule has 0 amide bonds. The van der Waals surface area contributed by atoms with Crippen molar-refractivity contribution in [3.05, 3.63) is 71.2 Å². The molecule has 26 heavy (non-hydrogen) atoms. The minimum Gasteiger partial charge on any atom is -0.496 e. The van der Waals surface area contributed by atoms with Gasteiger partial charge in [0.05, 0.1) is 12.0 Å². The number of fused-ring (bicyclic) bond motifs is 2. The largest absolute Gasteiger partial charge is 0.496 e. The SMILES string of the molecule is COc1ccc2cc(Br)ccc2c1-c1c(S(=O)O)ccc2ccccc12. The fourth-order valence-corrected chi connectivity index (χ4v) is 4.31. The summed E-state index contributed by atoms with van der Waals surface area (Å²) in [6.07, 6.45) is 0. The van der Waals surface area contributed by atoms with Gasteiger partial charge in [-0.2, -0.15) is 0 Å². The molecule has 0 heterocycles. The Kier molecular flexibility index (Phi) is 4.53. The predicted molar refractivity (Wildman–Crippen MR) is 110 cm³/mol. The van der Waals surface area contributed by atoms with Crippen molar-refractivity contribution in [3.8, 4) is 16.9 Å². The number of halogens is 1. The highest BCUT2D eigenvalue weighted by molar-refractivity contribution is 9.10. The summed E-state index contributed by atoms with van der Waals surface area (Å²) in [6.45, 7) is 0. The Morgan fingerprint density at radius 1 is 0.885 bits per heavy atom. The molecule has 1 unspecified atom stereocenters. The molecule has 5 heteroatoms. The van der Waals surface area contributed by atoms with Gasteiger partial charge < -0.3 is 9.29 Å². The first kappa shape index (κ1) is 17.2. The molecule has 4 aromatic rings. The van der Waals surface area contributed by atoms with Crippen LogP contribution in [0, 0.1) is 0 Å². The Morgan fingerprint density at radius 3 is 2.38 bits per heavy atom. The number of hydrogen-bond donors (Lipinski definition) is 1. The molecule has 0 aromatic heterocycles. The van der Waals surface area contributed by atoms with Gasteiger partial charge in [0.1, 0.15) is 5.75 Å². The first-order valence-electron chi connectivity index (χ1n) is 7.99. The molecule has 130 valence electrons. The first-order valence-corrected chi connectivity index (χ1v) is 9.89. The van der Waals surface area contributed by atoms with E-state index in [0.717, 1.165) is 37.1 Å². The van der Waals surface area contributed by atoms with E-state index < -0.39 is 11.1 Å². The van der Waals surface area contributed by atoms with E-state index in [1.165, 1.54) is 0 Å². The van der Waals surface area contributed by atoms with Gasteiger partial charge in [-0.3, -0.25) is 0 Å². The lowest BCUT2D eigenvalue weighted by Gasteiger charge is -2.17. The van der Waals surface area contributed by atoms with E-state index in [9.17, 15) is 8.76 Å². The van der Waals surface area contributed by atoms with Crippen LogP contribution in [0.1, 0.15) is 0 Å². The fourth-order valence-electron chi connectivity index (χ4n) is 3.36. The standard InChI is InChI=1S/C21H15BrO3S/c1-25-18-10-6-14-12-15(22)8-9-17(14)20(18)21-16-5-3-2-4-13(16)7-11-19(21)26(23)24/h2-12H,1H3,(H,23,24). The fraction of sp³-hybridized carbons (Fsp3) is 0.0476. The molecule has 0 saturated heterocycles. The van der Waals surface area contributed by atoms with Gasteiger partial charge in [0.25, 0.3) is 0 Å². The molecule has 0 radical (unpaired) electrons. The molecule has 0 bridgehead atoms. The zero-order valence-corrected chi connectivity index (χ0v) is 16.3. The molecule has 0 spiro atoms. The average molecular weight is 427 g/mol. The second-order valence-corrected chi connectivity index (χ2v) is 7.77. The summed E-state index contributed by atoms with van der Waals surface area (Å²) in [4.78, 5) is 0.373. The summed E-state index contributed by atoms with van der Waals surface area (Å²) in [7, 11) is 1.62. The van der Waals surface area contributed by atoms with Crippen LogP contribution in [0.4, 0.5) is 0 Å². The van der Waals surface area contributed by atoms with Crippen LogP contribution in [0.3, 0.4) is 0 Å². The Labute approximate surface area is 162 Å². The maximum Gasteiger partial charge on any atom is 0.187 e. The Balaban J connectivity index is 2.23. The van der Waals surface area contributed by atoms with Gasteiger partial charge in [0, 0.05) is 15.6 Å². The highest BCUT2D eigenvalue weighted by Gasteiger charge is 2.20. The Morgan fingerprint density at radius 2 is 1.62 bits per heavy atom. The molecule has 3 nitrogen and oxygen atoms in total. The molecule has 0 aliphatic heterocycles. The third-order valence-corrected chi connectivity index (χ3v) is 5.70. The number of hydrogen-bond acceptors (Lipinski definition) is 2. The average Bonchev–Trinajstić information content (AvgIpc) is 2.66. The predicted octanol–water partition coefficient (Wildman–Crippen LogP) is 6.01. The molecule has 0 aliphatic rings. The lowest BCUT2D eigenvalue weighted by atomic mass is 9.93. The molecular weight excluding hydrogens is 412 g/mol. The third-order valence-electron chi connectivity index (χ3n) is 4.49. The van der Waals surface area contributed by atoms with Gasteiger partial charge in [0.2, 0.25) is 0 Å². The van der Waals surface area contributed by atoms with Crippen molar-refractivity contribution >= 4 is 48.6 Å². The van der Waals surface area contributed by atoms with E-state index >= 15 is 0 Å². The third kappa shape index (κ3) is 2.82. The lowest BCUT2D eigenvalue weighted by molar-refractivity contribution is 0.417. The summed E-state index contributed by atoms with van der Waals surface area (Å²) in [5, 5.41) is 3.92. The lowest BCUT2D eigenvalue weighted by Crippen LogP contribution is -1.97. The van der Waals surface area contributed by atoms with Crippen LogP contribution in [0.2, 0.25) is 0 Å². The monoisotopic (exact) mass is 426 g/mol. The van der Waals surface area contributed by atoms with Gasteiger partial charge in [-0.25, -0.2) is 4.21 Å². The van der Waals surface area contributed by atoms with Crippen molar-refractivity contribution in [2.75, 3.05) is 7.11 Å². The van der Waals surface area contributed by atoms with Gasteiger partial charge in [0.15, 0.2) is 11.1 Å². The van der Waals surface area contributed by atoms with E-state index in [4.69, 9.17) is 4.74 Å². The maximum atomic E-state index is 12.1. The van der Waals surface area contributed by atoms with Crippen molar-refractivity contribution in [1.29, 1.82) is 0 Å². The van der Waals surface area contributed by atoms with Crippen molar-refractivity contribution in [3.63, 3.8) is 0 Å². The van der Waals surface area contributed by atoms with Crippen molar-refractivity contribution in [1.82, 2.24) is 0 Å². The van der Waals surface area contributed by atoms with Crippen LogP contribution in [-0.2, 0) is 11.1 Å². The number of methoxy groups -OCH3 is 1. The summed E-state index contributed by atoms with van der Waals surface area (Å²) in [5.41, 5.74) is 1.56. The molecule has 0 aliphatic carbocycles. The highest BCUT2D eigenvalue weighted by Crippen LogP contribution is 2.43. The highest BCUT2D eigenvalue weighted by atomic mass is 79.9. The van der Waals surface area contributed by atoms with E-state index in [0.29, 0.717) is 10.6 Å². The Bertz CT molecular complexity index is 1170. The van der Waals surface area contributed by atoms with E-state index in [1.54, 1.807) is 13.2 Å². The Hall–Kier alpha value is -2.21. The first-order chi connectivity index (χ1) is 12.6. The quantitative estimate of drug-likeness (QED) is 0.407. The summed E-state index contributed by atoms with van der Waals surface area (Å²) < 4.78 is 28.6. The second kappa shape index (κ2) is 6.83. The van der Waals surface area contributed by atoms with Crippen LogP contribution in [0.5, 0.6) is 5.75 Å². The van der Waals surface area contributed by atoms with Crippen LogP contribution >= 0.6 is 15.9 Å². The number of rotatable bonds is 3. The molecular formula is C21H15BrO3S. The second-order valence-electron chi connectivity index (χ2n) is 5.92. The topological polar surface area (TPSA) is 46.5 Å². The van der Waals surface area contributed by atoms with E-state index in [1.807, 2.05) is 60.7 Å². The van der Waals surface area contributed by atoms with Crippen LogP contribution in [0.25, 0.3) is 32.7 Å². The zero-order chi connectivity index (χ0) is 18.3. The number of benzene rings is 4. The van der Waals surface area contributed by atoms with E-state index in [-0.39, 0.29) is 0 Å².